The number of hydrogen-bond donors (Lipinski definition) is 1. The molecule has 44 heavy (non-hydrogen) atoms. The second-order valence-corrected chi connectivity index (χ2v) is 12.5. The van der Waals surface area contributed by atoms with Crippen LogP contribution < -0.4 is 15.4 Å². The number of anilines is 1. The van der Waals surface area contributed by atoms with Gasteiger partial charge in [0.25, 0.3) is 0 Å². The molecule has 9 nitrogen and oxygen atoms in total. The number of benzene rings is 3. The minimum atomic E-state index is -3.73. The van der Waals surface area contributed by atoms with Crippen LogP contribution >= 0.6 is 0 Å². The van der Waals surface area contributed by atoms with Crippen molar-refractivity contribution in [3.63, 3.8) is 0 Å². The van der Waals surface area contributed by atoms with Gasteiger partial charge >= 0.3 is 5.76 Å². The Balaban J connectivity index is 1.54. The molecule has 4 aromatic heterocycles. The number of furan rings is 1. The van der Waals surface area contributed by atoms with Crippen LogP contribution in [0.2, 0.25) is 0 Å². The minimum absolute atomic E-state index is 0.186. The molecule has 0 radical (unpaired) electrons. The summed E-state index contributed by atoms with van der Waals surface area (Å²) < 4.78 is 68.2. The second-order valence-electron chi connectivity index (χ2n) is 10.5. The molecule has 7 rings (SSSR count). The normalized spacial score (nSPS) is 12.2. The Bertz CT molecular complexity index is 2450. The SMILES string of the molecule is CNCc1c(-c2ccc(F)cc2)oc2cc(N(C)S(C)(=O)=O)c(-c3ccc4oc(=O)n5c6cccc(F)c6cc5c4n3)cc12. The molecule has 7 aromatic rings. The van der Waals surface area contributed by atoms with E-state index in [9.17, 15) is 22.0 Å². The zero-order valence-corrected chi connectivity index (χ0v) is 24.5. The van der Waals surface area contributed by atoms with E-state index < -0.39 is 21.6 Å². The molecule has 3 aromatic carbocycles. The molecule has 0 saturated heterocycles. The molecule has 0 spiro atoms. The lowest BCUT2D eigenvalue weighted by Crippen LogP contribution is -2.25. The van der Waals surface area contributed by atoms with Gasteiger partial charge in [-0.3, -0.25) is 4.31 Å². The zero-order chi connectivity index (χ0) is 30.9. The van der Waals surface area contributed by atoms with Crippen LogP contribution in [-0.2, 0) is 16.6 Å². The summed E-state index contributed by atoms with van der Waals surface area (Å²) in [5.74, 6) is -1.06. The first-order valence-electron chi connectivity index (χ1n) is 13.5. The molecule has 0 aliphatic heterocycles. The van der Waals surface area contributed by atoms with Crippen LogP contribution in [0.3, 0.4) is 0 Å². The van der Waals surface area contributed by atoms with Crippen LogP contribution in [0.1, 0.15) is 5.56 Å². The number of sulfonamides is 1. The monoisotopic (exact) mass is 614 g/mol. The van der Waals surface area contributed by atoms with Gasteiger partial charge in [0.15, 0.2) is 5.58 Å². The van der Waals surface area contributed by atoms with Gasteiger partial charge in [-0.2, -0.15) is 0 Å². The number of fused-ring (bicyclic) bond motifs is 6. The number of nitrogens with zero attached hydrogens (tertiary/aromatic N) is 3. The molecule has 222 valence electrons. The zero-order valence-electron chi connectivity index (χ0n) is 23.7. The summed E-state index contributed by atoms with van der Waals surface area (Å²) in [7, 11) is -0.510. The topological polar surface area (TPSA) is 110 Å². The maximum atomic E-state index is 14.7. The third kappa shape index (κ3) is 4.33. The van der Waals surface area contributed by atoms with Crippen molar-refractivity contribution in [2.45, 2.75) is 6.54 Å². The first-order valence-corrected chi connectivity index (χ1v) is 15.4. The van der Waals surface area contributed by atoms with Gasteiger partial charge in [-0.1, -0.05) is 6.07 Å². The number of aromatic nitrogens is 2. The van der Waals surface area contributed by atoms with E-state index in [4.69, 9.17) is 13.8 Å². The molecule has 0 aliphatic carbocycles. The number of hydrogen-bond acceptors (Lipinski definition) is 7. The van der Waals surface area contributed by atoms with E-state index >= 15 is 0 Å². The van der Waals surface area contributed by atoms with E-state index in [0.29, 0.717) is 62.3 Å². The summed E-state index contributed by atoms with van der Waals surface area (Å²) in [6.45, 7) is 0.402. The number of nitrogens with one attached hydrogen (secondary N) is 1. The maximum Gasteiger partial charge on any atom is 0.424 e. The highest BCUT2D eigenvalue weighted by atomic mass is 32.2. The molecule has 0 saturated carbocycles. The number of pyridine rings is 1. The predicted octanol–water partition coefficient (Wildman–Crippen LogP) is 6.07. The van der Waals surface area contributed by atoms with E-state index in [0.717, 1.165) is 16.1 Å². The number of halogens is 2. The molecule has 0 fully saturated rings. The highest BCUT2D eigenvalue weighted by Crippen LogP contribution is 2.41. The van der Waals surface area contributed by atoms with Gasteiger partial charge in [-0.15, -0.1) is 0 Å². The molecule has 0 bridgehead atoms. The van der Waals surface area contributed by atoms with Crippen LogP contribution in [0.15, 0.2) is 86.4 Å². The van der Waals surface area contributed by atoms with Crippen molar-refractivity contribution >= 4 is 54.2 Å². The Morgan fingerprint density at radius 2 is 1.70 bits per heavy atom. The van der Waals surface area contributed by atoms with Gasteiger partial charge in [0.2, 0.25) is 10.0 Å². The van der Waals surface area contributed by atoms with Crippen molar-refractivity contribution in [3.8, 4) is 22.6 Å². The van der Waals surface area contributed by atoms with Crippen LogP contribution in [0, 0.1) is 11.6 Å². The van der Waals surface area contributed by atoms with E-state index in [2.05, 4.69) is 5.32 Å². The third-order valence-corrected chi connectivity index (χ3v) is 8.95. The van der Waals surface area contributed by atoms with Crippen LogP contribution in [0.5, 0.6) is 0 Å². The summed E-state index contributed by atoms with van der Waals surface area (Å²) in [5.41, 5.74) is 4.15. The smallest absolute Gasteiger partial charge is 0.424 e. The maximum absolute atomic E-state index is 14.7. The Morgan fingerprint density at radius 3 is 2.43 bits per heavy atom. The number of rotatable bonds is 6. The summed E-state index contributed by atoms with van der Waals surface area (Å²) in [4.78, 5) is 17.7. The van der Waals surface area contributed by atoms with E-state index in [-0.39, 0.29) is 16.8 Å². The minimum Gasteiger partial charge on any atom is -0.456 e. The van der Waals surface area contributed by atoms with E-state index in [1.165, 1.54) is 35.7 Å². The van der Waals surface area contributed by atoms with E-state index in [1.807, 2.05) is 0 Å². The molecule has 0 unspecified atom stereocenters. The van der Waals surface area contributed by atoms with Crippen LogP contribution in [0.4, 0.5) is 14.5 Å². The first kappa shape index (κ1) is 27.7. The predicted molar refractivity (Wildman–Crippen MR) is 165 cm³/mol. The average molecular weight is 615 g/mol. The molecular weight excluding hydrogens is 590 g/mol. The third-order valence-electron chi connectivity index (χ3n) is 7.76. The molecule has 0 amide bonds. The van der Waals surface area contributed by atoms with Crippen molar-refractivity contribution in [2.24, 2.45) is 0 Å². The van der Waals surface area contributed by atoms with Crippen molar-refractivity contribution in [1.29, 1.82) is 0 Å². The van der Waals surface area contributed by atoms with Crippen molar-refractivity contribution in [2.75, 3.05) is 24.7 Å². The fourth-order valence-corrected chi connectivity index (χ4v) is 6.09. The fourth-order valence-electron chi connectivity index (χ4n) is 5.58. The van der Waals surface area contributed by atoms with Crippen molar-refractivity contribution < 1.29 is 26.0 Å². The van der Waals surface area contributed by atoms with Gasteiger partial charge in [-0.25, -0.2) is 31.4 Å². The van der Waals surface area contributed by atoms with Gasteiger partial charge < -0.3 is 14.2 Å². The lowest BCUT2D eigenvalue weighted by atomic mass is 10.0. The standard InChI is InChI=1S/C32H24F2N4O5S/c1-35-16-22-19-13-21(26(37(2)44(3,40)41)15-29(19)42-31(22)17-7-9-18(33)10-8-17)24-11-12-28-30(36-24)27-14-20-23(34)5-4-6-25(20)38(27)32(39)43-28/h4-15,35H,16H2,1-3H3. The lowest BCUT2D eigenvalue weighted by Gasteiger charge is -2.20. The average Bonchev–Trinajstić information content (AvgIpc) is 3.56. The van der Waals surface area contributed by atoms with Crippen molar-refractivity contribution in [1.82, 2.24) is 14.7 Å². The Hall–Kier alpha value is -5.07. The Morgan fingerprint density at radius 1 is 0.932 bits per heavy atom. The first-order chi connectivity index (χ1) is 21.0. The highest BCUT2D eigenvalue weighted by Gasteiger charge is 2.24. The largest absolute Gasteiger partial charge is 0.456 e. The molecule has 0 aliphatic rings. The molecule has 1 N–H and O–H groups in total. The van der Waals surface area contributed by atoms with Gasteiger partial charge in [0.05, 0.1) is 28.7 Å². The summed E-state index contributed by atoms with van der Waals surface area (Å²) in [5, 5.41) is 4.07. The molecular formula is C32H24F2N4O5S. The Kier molecular flexibility index (Phi) is 6.30. The van der Waals surface area contributed by atoms with Crippen LogP contribution in [0.25, 0.3) is 61.1 Å². The lowest BCUT2D eigenvalue weighted by molar-refractivity contribution is 0.524. The highest BCUT2D eigenvalue weighted by molar-refractivity contribution is 7.92. The molecule has 4 heterocycles. The van der Waals surface area contributed by atoms with Gasteiger partial charge in [0, 0.05) is 47.1 Å². The van der Waals surface area contributed by atoms with Gasteiger partial charge in [0.1, 0.15) is 28.5 Å². The molecule has 12 heteroatoms. The summed E-state index contributed by atoms with van der Waals surface area (Å²) in [6, 6.07) is 18.5. The quantitative estimate of drug-likeness (QED) is 0.242. The van der Waals surface area contributed by atoms with Gasteiger partial charge in [-0.05, 0) is 67.7 Å². The molecule has 0 atom stereocenters. The van der Waals surface area contributed by atoms with Crippen molar-refractivity contribution in [3.05, 3.63) is 101 Å². The van der Waals surface area contributed by atoms with E-state index in [1.54, 1.807) is 55.6 Å². The fraction of sp³-hybridized carbons (Fsp3) is 0.125. The summed E-state index contributed by atoms with van der Waals surface area (Å²) >= 11 is 0. The Labute approximate surface area is 249 Å². The van der Waals surface area contributed by atoms with Crippen LogP contribution in [-0.4, -0.2) is 38.2 Å². The summed E-state index contributed by atoms with van der Waals surface area (Å²) in [6.07, 6.45) is 1.09. The second kappa shape index (κ2) is 10.00.